The molecule has 2 saturated heterocycles. The van der Waals surface area contributed by atoms with Gasteiger partial charge >= 0.3 is 6.09 Å². The number of rotatable bonds is 2. The predicted octanol–water partition coefficient (Wildman–Crippen LogP) is 3.47. The number of carbonyl (C=O) groups is 1. The monoisotopic (exact) mass is 348 g/mol. The van der Waals surface area contributed by atoms with E-state index in [4.69, 9.17) is 4.74 Å². The molecule has 2 aromatic carbocycles. The molecular formula is C22H24N2O2. The molecule has 4 heteroatoms. The largest absolute Gasteiger partial charge is 0.444 e. The molecule has 2 bridgehead atoms. The molecule has 5 rings (SSSR count). The van der Waals surface area contributed by atoms with E-state index in [1.54, 1.807) is 0 Å². The van der Waals surface area contributed by atoms with Crippen LogP contribution in [0.25, 0.3) is 0 Å². The fraction of sp³-hybridized carbons (Fsp3) is 0.409. The van der Waals surface area contributed by atoms with Crippen molar-refractivity contribution < 1.29 is 9.53 Å². The first-order valence-electron chi connectivity index (χ1n) is 9.62. The van der Waals surface area contributed by atoms with E-state index >= 15 is 0 Å². The molecule has 3 heterocycles. The zero-order chi connectivity index (χ0) is 17.5. The molecule has 0 N–H and O–H groups in total. The molecule has 0 aliphatic carbocycles. The summed E-state index contributed by atoms with van der Waals surface area (Å²) in [5.74, 6) is 0.520. The summed E-state index contributed by atoms with van der Waals surface area (Å²) in [5.41, 5.74) is 3.70. The second-order valence-electron chi connectivity index (χ2n) is 7.69. The highest BCUT2D eigenvalue weighted by Gasteiger charge is 2.42. The van der Waals surface area contributed by atoms with Crippen LogP contribution < -0.4 is 0 Å². The SMILES string of the molecule is O=C(O[C@H]1CN2CCC1C2)N1CCc2ccccc2[C@@H]1c1ccccc1. The van der Waals surface area contributed by atoms with E-state index in [2.05, 4.69) is 41.3 Å². The summed E-state index contributed by atoms with van der Waals surface area (Å²) in [4.78, 5) is 17.4. The molecule has 1 amide bonds. The molecule has 26 heavy (non-hydrogen) atoms. The summed E-state index contributed by atoms with van der Waals surface area (Å²) in [6.45, 7) is 3.85. The maximum atomic E-state index is 13.1. The van der Waals surface area contributed by atoms with Crippen molar-refractivity contribution in [2.75, 3.05) is 26.2 Å². The first-order valence-corrected chi connectivity index (χ1v) is 9.62. The van der Waals surface area contributed by atoms with E-state index < -0.39 is 0 Å². The van der Waals surface area contributed by atoms with Crippen LogP contribution >= 0.6 is 0 Å². The minimum absolute atomic E-state index is 0.0600. The van der Waals surface area contributed by atoms with E-state index in [0.29, 0.717) is 12.5 Å². The number of piperidine rings is 1. The molecule has 4 atom stereocenters. The molecule has 134 valence electrons. The molecule has 0 radical (unpaired) electrons. The third kappa shape index (κ3) is 2.69. The van der Waals surface area contributed by atoms with Gasteiger partial charge in [0.05, 0.1) is 6.04 Å². The molecule has 3 aliphatic heterocycles. The quantitative estimate of drug-likeness (QED) is 0.833. The van der Waals surface area contributed by atoms with Crippen molar-refractivity contribution in [3.8, 4) is 0 Å². The molecule has 2 aromatic rings. The first kappa shape index (κ1) is 15.9. The third-order valence-corrected chi connectivity index (χ3v) is 6.16. The van der Waals surface area contributed by atoms with Gasteiger partial charge in [-0.2, -0.15) is 0 Å². The Hall–Kier alpha value is -2.33. The number of hydrogen-bond acceptors (Lipinski definition) is 3. The van der Waals surface area contributed by atoms with Crippen LogP contribution in [0, 0.1) is 5.92 Å². The van der Waals surface area contributed by atoms with E-state index in [1.807, 2.05) is 23.1 Å². The first-order chi connectivity index (χ1) is 12.8. The van der Waals surface area contributed by atoms with Crippen molar-refractivity contribution in [2.24, 2.45) is 5.92 Å². The summed E-state index contributed by atoms with van der Waals surface area (Å²) in [5, 5.41) is 0. The molecule has 2 fully saturated rings. The molecule has 2 unspecified atom stereocenters. The summed E-state index contributed by atoms with van der Waals surface area (Å²) in [6.07, 6.45) is 1.94. The lowest BCUT2D eigenvalue weighted by Crippen LogP contribution is -2.44. The van der Waals surface area contributed by atoms with Gasteiger partial charge in [-0.15, -0.1) is 0 Å². The van der Waals surface area contributed by atoms with Crippen LogP contribution in [-0.2, 0) is 11.2 Å². The van der Waals surface area contributed by atoms with Crippen LogP contribution in [0.5, 0.6) is 0 Å². The van der Waals surface area contributed by atoms with Crippen LogP contribution in [0.2, 0.25) is 0 Å². The number of benzene rings is 2. The molecule has 3 aliphatic rings. The minimum Gasteiger partial charge on any atom is -0.444 e. The fourth-order valence-corrected chi connectivity index (χ4v) is 4.82. The van der Waals surface area contributed by atoms with Gasteiger partial charge in [0.25, 0.3) is 0 Å². The number of nitrogens with zero attached hydrogens (tertiary/aromatic N) is 2. The van der Waals surface area contributed by atoms with Gasteiger partial charge in [-0.3, -0.25) is 9.80 Å². The normalized spacial score (nSPS) is 29.5. The smallest absolute Gasteiger partial charge is 0.410 e. The van der Waals surface area contributed by atoms with E-state index in [-0.39, 0.29) is 18.2 Å². The zero-order valence-electron chi connectivity index (χ0n) is 14.9. The highest BCUT2D eigenvalue weighted by molar-refractivity contribution is 5.70. The van der Waals surface area contributed by atoms with Gasteiger partial charge in [-0.05, 0) is 36.1 Å². The van der Waals surface area contributed by atoms with Crippen molar-refractivity contribution in [1.82, 2.24) is 9.80 Å². The highest BCUT2D eigenvalue weighted by Crippen LogP contribution is 2.37. The van der Waals surface area contributed by atoms with Crippen molar-refractivity contribution in [1.29, 1.82) is 0 Å². The second kappa shape index (κ2) is 6.44. The number of ether oxygens (including phenoxy) is 1. The lowest BCUT2D eigenvalue weighted by atomic mass is 9.88. The Morgan fingerprint density at radius 3 is 2.54 bits per heavy atom. The van der Waals surface area contributed by atoms with Crippen LogP contribution in [0.3, 0.4) is 0 Å². The fourth-order valence-electron chi connectivity index (χ4n) is 4.82. The van der Waals surface area contributed by atoms with Gasteiger partial charge in [-0.25, -0.2) is 4.79 Å². The van der Waals surface area contributed by atoms with E-state index in [1.165, 1.54) is 11.1 Å². The Balaban J connectivity index is 1.44. The number of carbonyl (C=O) groups excluding carboxylic acids is 1. The number of hydrogen-bond donors (Lipinski definition) is 0. The van der Waals surface area contributed by atoms with Gasteiger partial charge in [0, 0.05) is 25.6 Å². The zero-order valence-corrected chi connectivity index (χ0v) is 14.9. The molecule has 0 aromatic heterocycles. The van der Waals surface area contributed by atoms with Crippen molar-refractivity contribution in [3.63, 3.8) is 0 Å². The highest BCUT2D eigenvalue weighted by atomic mass is 16.6. The Kier molecular flexibility index (Phi) is 3.93. The summed E-state index contributed by atoms with van der Waals surface area (Å²) in [6, 6.07) is 18.7. The van der Waals surface area contributed by atoms with Crippen LogP contribution in [0.4, 0.5) is 4.79 Å². The third-order valence-electron chi connectivity index (χ3n) is 6.16. The topological polar surface area (TPSA) is 32.8 Å². The van der Waals surface area contributed by atoms with Crippen molar-refractivity contribution >= 4 is 6.09 Å². The maximum Gasteiger partial charge on any atom is 0.410 e. The summed E-state index contributed by atoms with van der Waals surface area (Å²) < 4.78 is 6.00. The van der Waals surface area contributed by atoms with Gasteiger partial charge in [0.15, 0.2) is 0 Å². The Morgan fingerprint density at radius 2 is 1.77 bits per heavy atom. The van der Waals surface area contributed by atoms with Crippen LogP contribution in [0.1, 0.15) is 29.2 Å². The number of amides is 1. The van der Waals surface area contributed by atoms with Gasteiger partial charge in [-0.1, -0.05) is 54.6 Å². The van der Waals surface area contributed by atoms with Crippen molar-refractivity contribution in [3.05, 3.63) is 71.3 Å². The van der Waals surface area contributed by atoms with E-state index in [9.17, 15) is 4.79 Å². The minimum atomic E-state index is -0.160. The standard InChI is InChI=1S/C22H24N2O2/c25-22(26-20-15-23-12-10-18(20)14-23)24-13-11-16-6-4-5-9-19(16)21(24)17-7-2-1-3-8-17/h1-9,18,20-21H,10-15H2/t18?,20-,21-/m0/s1. The molecular weight excluding hydrogens is 324 g/mol. The van der Waals surface area contributed by atoms with E-state index in [0.717, 1.165) is 38.0 Å². The summed E-state index contributed by atoms with van der Waals surface area (Å²) in [7, 11) is 0. The Labute approximate surface area is 154 Å². The molecule has 4 nitrogen and oxygen atoms in total. The average molecular weight is 348 g/mol. The predicted molar refractivity (Wildman–Crippen MR) is 100.0 cm³/mol. The lowest BCUT2D eigenvalue weighted by molar-refractivity contribution is 0.0332. The van der Waals surface area contributed by atoms with Gasteiger partial charge < -0.3 is 4.74 Å². The van der Waals surface area contributed by atoms with Crippen LogP contribution in [-0.4, -0.2) is 48.2 Å². The Bertz CT molecular complexity index is 807. The Morgan fingerprint density at radius 1 is 0.962 bits per heavy atom. The van der Waals surface area contributed by atoms with Crippen LogP contribution in [0.15, 0.2) is 54.6 Å². The number of fused-ring (bicyclic) bond motifs is 3. The van der Waals surface area contributed by atoms with Crippen molar-refractivity contribution in [2.45, 2.75) is 25.0 Å². The molecule has 0 spiro atoms. The maximum absolute atomic E-state index is 13.1. The molecule has 0 saturated carbocycles. The lowest BCUT2D eigenvalue weighted by Gasteiger charge is -2.38. The summed E-state index contributed by atoms with van der Waals surface area (Å²) >= 11 is 0. The van der Waals surface area contributed by atoms with Gasteiger partial charge in [0.2, 0.25) is 0 Å². The average Bonchev–Trinajstić information content (AvgIpc) is 3.31. The second-order valence-corrected chi connectivity index (χ2v) is 7.69. The van der Waals surface area contributed by atoms with Gasteiger partial charge in [0.1, 0.15) is 6.10 Å².